The molecule has 0 fully saturated rings. The molecule has 1 atom stereocenters. The van der Waals surface area contributed by atoms with E-state index < -0.39 is 28.8 Å². The van der Waals surface area contributed by atoms with E-state index in [0.717, 1.165) is 24.1 Å². The zero-order valence-electron chi connectivity index (χ0n) is 13.1. The SMILES string of the molecule is CCc1ccc(NC(=O)[C@@H](C)OC(=O)c2ccc([N+](=O)[O-])o2)cc1. The molecule has 0 bridgehead atoms. The maximum absolute atomic E-state index is 12.0. The van der Waals surface area contributed by atoms with E-state index in [4.69, 9.17) is 9.15 Å². The fourth-order valence-corrected chi connectivity index (χ4v) is 1.88. The second-order valence-electron chi connectivity index (χ2n) is 4.98. The molecule has 0 radical (unpaired) electrons. The van der Waals surface area contributed by atoms with Crippen LogP contribution in [0.1, 0.15) is 30.0 Å². The van der Waals surface area contributed by atoms with Crippen LogP contribution < -0.4 is 5.32 Å². The van der Waals surface area contributed by atoms with E-state index >= 15 is 0 Å². The van der Waals surface area contributed by atoms with Gasteiger partial charge in [0.1, 0.15) is 4.92 Å². The number of esters is 1. The molecule has 24 heavy (non-hydrogen) atoms. The highest BCUT2D eigenvalue weighted by atomic mass is 16.7. The molecule has 0 saturated carbocycles. The molecule has 1 aromatic heterocycles. The molecule has 0 saturated heterocycles. The number of carbonyl (C=O) groups excluding carboxylic acids is 2. The molecule has 0 spiro atoms. The standard InChI is InChI=1S/C16H16N2O6/c1-3-11-4-6-12(7-5-11)17-15(19)10(2)23-16(20)13-8-9-14(24-13)18(21)22/h4-10H,3H2,1-2H3,(H,17,19)/t10-/m1/s1. The number of nitro groups is 1. The second kappa shape index (κ2) is 7.40. The van der Waals surface area contributed by atoms with Crippen LogP contribution in [0.25, 0.3) is 0 Å². The summed E-state index contributed by atoms with van der Waals surface area (Å²) < 4.78 is 9.67. The molecule has 2 aromatic rings. The van der Waals surface area contributed by atoms with Crippen molar-refractivity contribution in [1.82, 2.24) is 0 Å². The number of carbonyl (C=O) groups is 2. The van der Waals surface area contributed by atoms with Gasteiger partial charge in [-0.3, -0.25) is 14.9 Å². The zero-order chi connectivity index (χ0) is 17.7. The third-order valence-electron chi connectivity index (χ3n) is 3.26. The first-order valence-electron chi connectivity index (χ1n) is 7.25. The molecule has 0 unspecified atom stereocenters. The molecule has 8 heteroatoms. The Hall–Kier alpha value is -3.16. The van der Waals surface area contributed by atoms with Crippen molar-refractivity contribution in [2.75, 3.05) is 5.32 Å². The topological polar surface area (TPSA) is 112 Å². The van der Waals surface area contributed by atoms with Crippen LogP contribution in [-0.4, -0.2) is 22.9 Å². The lowest BCUT2D eigenvalue weighted by atomic mass is 10.1. The fraction of sp³-hybridized carbons (Fsp3) is 0.250. The number of nitrogens with zero attached hydrogens (tertiary/aromatic N) is 1. The molecule has 0 aliphatic carbocycles. The van der Waals surface area contributed by atoms with E-state index in [0.29, 0.717) is 5.69 Å². The summed E-state index contributed by atoms with van der Waals surface area (Å²) in [5.74, 6) is -2.38. The molecule has 1 N–H and O–H groups in total. The lowest BCUT2D eigenvalue weighted by Crippen LogP contribution is -2.29. The highest BCUT2D eigenvalue weighted by Crippen LogP contribution is 2.17. The normalized spacial score (nSPS) is 11.6. The summed E-state index contributed by atoms with van der Waals surface area (Å²) in [5.41, 5.74) is 1.71. The van der Waals surface area contributed by atoms with Gasteiger partial charge in [-0.1, -0.05) is 19.1 Å². The number of furan rings is 1. The molecule has 2 rings (SSSR count). The Balaban J connectivity index is 1.94. The fourth-order valence-electron chi connectivity index (χ4n) is 1.88. The number of benzene rings is 1. The molecule has 126 valence electrons. The molecular formula is C16H16N2O6. The molecule has 0 aliphatic rings. The van der Waals surface area contributed by atoms with Crippen molar-refractivity contribution in [3.63, 3.8) is 0 Å². The summed E-state index contributed by atoms with van der Waals surface area (Å²) in [7, 11) is 0. The lowest BCUT2D eigenvalue weighted by molar-refractivity contribution is -0.402. The summed E-state index contributed by atoms with van der Waals surface area (Å²) in [4.78, 5) is 33.6. The highest BCUT2D eigenvalue weighted by molar-refractivity contribution is 5.96. The Labute approximate surface area is 137 Å². The zero-order valence-corrected chi connectivity index (χ0v) is 13.1. The van der Waals surface area contributed by atoms with Gasteiger partial charge in [-0.2, -0.15) is 0 Å². The molecule has 1 aromatic carbocycles. The Bertz CT molecular complexity index is 750. The van der Waals surface area contributed by atoms with E-state index in [1.54, 1.807) is 12.1 Å². The van der Waals surface area contributed by atoms with Crippen molar-refractivity contribution < 1.29 is 23.7 Å². The van der Waals surface area contributed by atoms with E-state index in [-0.39, 0.29) is 5.76 Å². The number of amides is 1. The maximum atomic E-state index is 12.0. The smallest absolute Gasteiger partial charge is 0.433 e. The summed E-state index contributed by atoms with van der Waals surface area (Å²) in [6.07, 6.45) is -0.204. The van der Waals surface area contributed by atoms with E-state index in [1.807, 2.05) is 19.1 Å². The predicted octanol–water partition coefficient (Wildman–Crippen LogP) is 2.93. The van der Waals surface area contributed by atoms with Gasteiger partial charge in [0, 0.05) is 5.69 Å². The third kappa shape index (κ3) is 4.19. The average Bonchev–Trinajstić information content (AvgIpc) is 3.06. The van der Waals surface area contributed by atoms with Gasteiger partial charge in [-0.05, 0) is 37.1 Å². The quantitative estimate of drug-likeness (QED) is 0.494. The number of nitrogens with one attached hydrogen (secondary N) is 1. The van der Waals surface area contributed by atoms with Gasteiger partial charge in [-0.15, -0.1) is 0 Å². The van der Waals surface area contributed by atoms with Crippen LogP contribution in [0, 0.1) is 10.1 Å². The number of ether oxygens (including phenoxy) is 1. The molecule has 8 nitrogen and oxygen atoms in total. The van der Waals surface area contributed by atoms with Crippen LogP contribution >= 0.6 is 0 Å². The van der Waals surface area contributed by atoms with Crippen molar-refractivity contribution >= 4 is 23.4 Å². The average molecular weight is 332 g/mol. The van der Waals surface area contributed by atoms with Crippen molar-refractivity contribution in [3.05, 3.63) is 57.8 Å². The molecular weight excluding hydrogens is 316 g/mol. The number of anilines is 1. The lowest BCUT2D eigenvalue weighted by Gasteiger charge is -2.12. The van der Waals surface area contributed by atoms with Gasteiger partial charge >= 0.3 is 11.9 Å². The molecule has 1 heterocycles. The minimum atomic E-state index is -1.09. The summed E-state index contributed by atoms with van der Waals surface area (Å²) >= 11 is 0. The van der Waals surface area contributed by atoms with E-state index in [1.165, 1.54) is 6.92 Å². The van der Waals surface area contributed by atoms with Crippen LogP contribution in [0.4, 0.5) is 11.6 Å². The van der Waals surface area contributed by atoms with Gasteiger partial charge in [0.05, 0.1) is 6.07 Å². The summed E-state index contributed by atoms with van der Waals surface area (Å²) in [6, 6.07) is 9.43. The minimum absolute atomic E-state index is 0.339. The highest BCUT2D eigenvalue weighted by Gasteiger charge is 2.23. The monoisotopic (exact) mass is 332 g/mol. The van der Waals surface area contributed by atoms with Gasteiger partial charge in [0.15, 0.2) is 6.10 Å². The number of rotatable bonds is 6. The van der Waals surface area contributed by atoms with Gasteiger partial charge < -0.3 is 14.5 Å². The van der Waals surface area contributed by atoms with Crippen LogP contribution in [0.3, 0.4) is 0 Å². The first kappa shape index (κ1) is 17.2. The first-order chi connectivity index (χ1) is 11.4. The molecule has 0 aliphatic heterocycles. The minimum Gasteiger partial charge on any atom is -0.447 e. The second-order valence-corrected chi connectivity index (χ2v) is 4.98. The largest absolute Gasteiger partial charge is 0.447 e. The van der Waals surface area contributed by atoms with Gasteiger partial charge in [0.25, 0.3) is 5.91 Å². The Morgan fingerprint density at radius 2 is 1.92 bits per heavy atom. The molecule has 1 amide bonds. The van der Waals surface area contributed by atoms with Crippen molar-refractivity contribution in [1.29, 1.82) is 0 Å². The van der Waals surface area contributed by atoms with Crippen LogP contribution in [-0.2, 0) is 16.0 Å². The van der Waals surface area contributed by atoms with Crippen LogP contribution in [0.5, 0.6) is 0 Å². The van der Waals surface area contributed by atoms with Crippen LogP contribution in [0.2, 0.25) is 0 Å². The van der Waals surface area contributed by atoms with Crippen LogP contribution in [0.15, 0.2) is 40.8 Å². The van der Waals surface area contributed by atoms with Crippen molar-refractivity contribution in [3.8, 4) is 0 Å². The number of aryl methyl sites for hydroxylation is 1. The Kier molecular flexibility index (Phi) is 5.31. The number of hydrogen-bond donors (Lipinski definition) is 1. The van der Waals surface area contributed by atoms with Crippen molar-refractivity contribution in [2.24, 2.45) is 0 Å². The third-order valence-corrected chi connectivity index (χ3v) is 3.26. The van der Waals surface area contributed by atoms with E-state index in [9.17, 15) is 19.7 Å². The predicted molar refractivity (Wildman–Crippen MR) is 84.7 cm³/mol. The Morgan fingerprint density at radius 3 is 2.46 bits per heavy atom. The van der Waals surface area contributed by atoms with Gasteiger partial charge in [0.2, 0.25) is 5.76 Å². The summed E-state index contributed by atoms with van der Waals surface area (Å²) in [6.45, 7) is 3.42. The first-order valence-corrected chi connectivity index (χ1v) is 7.25. The summed E-state index contributed by atoms with van der Waals surface area (Å²) in [5, 5.41) is 13.1. The maximum Gasteiger partial charge on any atom is 0.433 e. The van der Waals surface area contributed by atoms with E-state index in [2.05, 4.69) is 5.32 Å². The Morgan fingerprint density at radius 1 is 1.25 bits per heavy atom. The number of hydrogen-bond acceptors (Lipinski definition) is 6. The van der Waals surface area contributed by atoms with Gasteiger partial charge in [-0.25, -0.2) is 4.79 Å². The van der Waals surface area contributed by atoms with Crippen molar-refractivity contribution in [2.45, 2.75) is 26.4 Å².